The van der Waals surface area contributed by atoms with Crippen molar-refractivity contribution in [3.8, 4) is 5.75 Å². The maximum absolute atomic E-state index is 13.3. The van der Waals surface area contributed by atoms with Gasteiger partial charge in [-0.2, -0.15) is 5.10 Å². The summed E-state index contributed by atoms with van der Waals surface area (Å²) in [5.41, 5.74) is 2.79. The van der Waals surface area contributed by atoms with E-state index in [2.05, 4.69) is 10.4 Å². The first-order valence-corrected chi connectivity index (χ1v) is 11.4. The summed E-state index contributed by atoms with van der Waals surface area (Å²) >= 11 is 18.2. The van der Waals surface area contributed by atoms with Crippen LogP contribution in [0.4, 0.5) is 10.2 Å². The van der Waals surface area contributed by atoms with Gasteiger partial charge in [0.25, 0.3) is 5.91 Å². The minimum Gasteiger partial charge on any atom is -0.487 e. The summed E-state index contributed by atoms with van der Waals surface area (Å²) in [5.74, 6) is 0.192. The van der Waals surface area contributed by atoms with Crippen molar-refractivity contribution in [2.45, 2.75) is 20.1 Å². The Morgan fingerprint density at radius 2 is 1.85 bits per heavy atom. The van der Waals surface area contributed by atoms with Crippen molar-refractivity contribution in [3.05, 3.63) is 110 Å². The van der Waals surface area contributed by atoms with Crippen LogP contribution in [0.1, 0.15) is 27.2 Å². The SMILES string of the molecule is Cc1cc(NC(=O)c2cccc(COc3ccc(Cl)cc3Cl)c2)nn1Cc1ccc(F)cc1Cl. The van der Waals surface area contributed by atoms with Crippen LogP contribution in [0.3, 0.4) is 0 Å². The Labute approximate surface area is 211 Å². The highest BCUT2D eigenvalue weighted by Crippen LogP contribution is 2.28. The number of aromatic nitrogens is 2. The minimum absolute atomic E-state index is 0.231. The van der Waals surface area contributed by atoms with Crippen LogP contribution >= 0.6 is 34.8 Å². The molecule has 34 heavy (non-hydrogen) atoms. The number of benzene rings is 3. The molecule has 0 radical (unpaired) electrons. The molecule has 174 valence electrons. The maximum Gasteiger partial charge on any atom is 0.256 e. The number of carbonyl (C=O) groups excluding carboxylic acids is 1. The fourth-order valence-corrected chi connectivity index (χ4v) is 3.98. The molecule has 0 bridgehead atoms. The number of aryl methyl sites for hydroxylation is 1. The third kappa shape index (κ3) is 5.89. The second-order valence-electron chi connectivity index (χ2n) is 7.58. The fourth-order valence-electron chi connectivity index (χ4n) is 3.29. The van der Waals surface area contributed by atoms with Gasteiger partial charge in [0.15, 0.2) is 5.82 Å². The van der Waals surface area contributed by atoms with Gasteiger partial charge in [-0.1, -0.05) is 53.0 Å². The fraction of sp³-hybridized carbons (Fsp3) is 0.120. The second kappa shape index (κ2) is 10.5. The molecule has 0 spiro atoms. The zero-order valence-electron chi connectivity index (χ0n) is 18.0. The van der Waals surface area contributed by atoms with Gasteiger partial charge < -0.3 is 10.1 Å². The smallest absolute Gasteiger partial charge is 0.256 e. The number of amides is 1. The van der Waals surface area contributed by atoms with Crippen LogP contribution in [0.25, 0.3) is 0 Å². The van der Waals surface area contributed by atoms with E-state index in [1.807, 2.05) is 13.0 Å². The zero-order valence-corrected chi connectivity index (χ0v) is 20.3. The second-order valence-corrected chi connectivity index (χ2v) is 8.83. The summed E-state index contributed by atoms with van der Waals surface area (Å²) in [7, 11) is 0. The molecule has 0 saturated carbocycles. The Kier molecular flexibility index (Phi) is 7.41. The number of hydrogen-bond donors (Lipinski definition) is 1. The summed E-state index contributed by atoms with van der Waals surface area (Å²) in [6, 6.07) is 18.0. The number of anilines is 1. The Hall–Kier alpha value is -3.06. The Morgan fingerprint density at radius 1 is 1.03 bits per heavy atom. The van der Waals surface area contributed by atoms with E-state index in [9.17, 15) is 9.18 Å². The molecule has 5 nitrogen and oxygen atoms in total. The van der Waals surface area contributed by atoms with Crippen molar-refractivity contribution in [2.75, 3.05) is 5.32 Å². The van der Waals surface area contributed by atoms with Gasteiger partial charge in [0, 0.05) is 27.4 Å². The van der Waals surface area contributed by atoms with E-state index < -0.39 is 5.82 Å². The van der Waals surface area contributed by atoms with Crippen LogP contribution in [-0.2, 0) is 13.2 Å². The van der Waals surface area contributed by atoms with Crippen molar-refractivity contribution in [2.24, 2.45) is 0 Å². The molecule has 0 aliphatic heterocycles. The molecule has 0 aliphatic carbocycles. The lowest BCUT2D eigenvalue weighted by Gasteiger charge is -2.09. The van der Waals surface area contributed by atoms with Gasteiger partial charge in [-0.05, 0) is 60.5 Å². The molecule has 4 aromatic rings. The molecular formula is C25H19Cl3FN3O2. The number of carbonyl (C=O) groups is 1. The molecule has 4 rings (SSSR count). The van der Waals surface area contributed by atoms with E-state index in [1.165, 1.54) is 12.1 Å². The predicted octanol–water partition coefficient (Wildman–Crippen LogP) is 7.17. The molecule has 0 saturated heterocycles. The van der Waals surface area contributed by atoms with Gasteiger partial charge >= 0.3 is 0 Å². The van der Waals surface area contributed by atoms with Crippen LogP contribution in [0.15, 0.2) is 66.7 Å². The molecule has 0 fully saturated rings. The van der Waals surface area contributed by atoms with Crippen molar-refractivity contribution in [1.29, 1.82) is 0 Å². The Morgan fingerprint density at radius 3 is 2.62 bits per heavy atom. The average Bonchev–Trinajstić information content (AvgIpc) is 3.13. The van der Waals surface area contributed by atoms with E-state index in [0.717, 1.165) is 16.8 Å². The van der Waals surface area contributed by atoms with E-state index in [4.69, 9.17) is 39.5 Å². The molecule has 1 amide bonds. The highest BCUT2D eigenvalue weighted by Gasteiger charge is 2.13. The highest BCUT2D eigenvalue weighted by atomic mass is 35.5. The normalized spacial score (nSPS) is 10.9. The summed E-state index contributed by atoms with van der Waals surface area (Å²) in [6.45, 7) is 2.44. The lowest BCUT2D eigenvalue weighted by atomic mass is 10.1. The van der Waals surface area contributed by atoms with Crippen LogP contribution in [0, 0.1) is 12.7 Å². The first-order valence-electron chi connectivity index (χ1n) is 10.2. The number of ether oxygens (including phenoxy) is 1. The summed E-state index contributed by atoms with van der Waals surface area (Å²) in [4.78, 5) is 12.8. The molecule has 0 unspecified atom stereocenters. The van der Waals surface area contributed by atoms with E-state index in [-0.39, 0.29) is 12.5 Å². The van der Waals surface area contributed by atoms with Gasteiger partial charge in [-0.3, -0.25) is 9.48 Å². The number of rotatable bonds is 7. The number of nitrogens with one attached hydrogen (secondary N) is 1. The molecular weight excluding hydrogens is 500 g/mol. The van der Waals surface area contributed by atoms with Crippen LogP contribution in [0.5, 0.6) is 5.75 Å². The van der Waals surface area contributed by atoms with Gasteiger partial charge in [0.2, 0.25) is 0 Å². The highest BCUT2D eigenvalue weighted by molar-refractivity contribution is 6.35. The van der Waals surface area contributed by atoms with Gasteiger partial charge in [-0.15, -0.1) is 0 Å². The van der Waals surface area contributed by atoms with E-state index in [1.54, 1.807) is 53.2 Å². The lowest BCUT2D eigenvalue weighted by molar-refractivity contribution is 0.102. The van der Waals surface area contributed by atoms with Gasteiger partial charge in [-0.25, -0.2) is 4.39 Å². The predicted molar refractivity (Wildman–Crippen MR) is 133 cm³/mol. The monoisotopic (exact) mass is 517 g/mol. The molecule has 0 aliphatic rings. The molecule has 3 aromatic carbocycles. The molecule has 9 heteroatoms. The lowest BCUT2D eigenvalue weighted by Crippen LogP contribution is -2.13. The largest absolute Gasteiger partial charge is 0.487 e. The molecule has 0 atom stereocenters. The quantitative estimate of drug-likeness (QED) is 0.282. The van der Waals surface area contributed by atoms with Crippen molar-refractivity contribution in [3.63, 3.8) is 0 Å². The summed E-state index contributed by atoms with van der Waals surface area (Å²) in [6.07, 6.45) is 0. The van der Waals surface area contributed by atoms with Crippen molar-refractivity contribution >= 4 is 46.5 Å². The maximum atomic E-state index is 13.3. The molecule has 1 aromatic heterocycles. The number of hydrogen-bond acceptors (Lipinski definition) is 3. The van der Waals surface area contributed by atoms with Crippen LogP contribution in [0.2, 0.25) is 15.1 Å². The van der Waals surface area contributed by atoms with Gasteiger partial charge in [0.1, 0.15) is 18.2 Å². The first kappa shape index (κ1) is 24.1. The first-order chi connectivity index (χ1) is 16.3. The van der Waals surface area contributed by atoms with Crippen molar-refractivity contribution in [1.82, 2.24) is 9.78 Å². The topological polar surface area (TPSA) is 56.1 Å². The molecule has 1 N–H and O–H groups in total. The minimum atomic E-state index is -0.400. The van der Waals surface area contributed by atoms with E-state index in [0.29, 0.717) is 38.7 Å². The summed E-state index contributed by atoms with van der Waals surface area (Å²) in [5, 5.41) is 8.49. The Balaban J connectivity index is 1.42. The zero-order chi connectivity index (χ0) is 24.2. The number of nitrogens with zero attached hydrogens (tertiary/aromatic N) is 2. The standard InChI is InChI=1S/C25H19Cl3FN3O2/c1-15-9-24(31-32(15)13-18-5-7-20(29)12-21(18)27)30-25(33)17-4-2-3-16(10-17)14-34-23-8-6-19(26)11-22(23)28/h2-12H,13-14H2,1H3,(H,30,31,33). The van der Waals surface area contributed by atoms with E-state index >= 15 is 0 Å². The van der Waals surface area contributed by atoms with Crippen LogP contribution in [-0.4, -0.2) is 15.7 Å². The van der Waals surface area contributed by atoms with Crippen LogP contribution < -0.4 is 10.1 Å². The summed E-state index contributed by atoms with van der Waals surface area (Å²) < 4.78 is 20.7. The molecule has 1 heterocycles. The third-order valence-electron chi connectivity index (χ3n) is 5.04. The third-order valence-corrected chi connectivity index (χ3v) is 5.92. The number of halogens is 4. The van der Waals surface area contributed by atoms with Crippen molar-refractivity contribution < 1.29 is 13.9 Å². The van der Waals surface area contributed by atoms with Gasteiger partial charge in [0.05, 0.1) is 11.6 Å². The average molecular weight is 519 g/mol. The Bertz CT molecular complexity index is 1360.